The van der Waals surface area contributed by atoms with Crippen LogP contribution in [0.15, 0.2) is 54.0 Å². The van der Waals surface area contributed by atoms with Gasteiger partial charge in [0.15, 0.2) is 0 Å². The topological polar surface area (TPSA) is 110 Å². The minimum atomic E-state index is -0.779. The van der Waals surface area contributed by atoms with E-state index in [1.807, 2.05) is 61.8 Å². The molecule has 1 aromatic carbocycles. The molecule has 0 radical (unpaired) electrons. The first-order valence-corrected chi connectivity index (χ1v) is 12.8. The number of ether oxygens (including phenoxy) is 2. The molecule has 3 N–H and O–H groups in total. The SMILES string of the molecule is CCNc1cc2c(cn1)C(=O)N(c1cccc(OC(CCCOC(N)=O)c3cccs3)c1)CCN2C. The Kier molecular flexibility index (Phi) is 8.27. The van der Waals surface area contributed by atoms with E-state index < -0.39 is 6.09 Å². The van der Waals surface area contributed by atoms with Crippen molar-refractivity contribution in [3.05, 3.63) is 64.5 Å². The summed E-state index contributed by atoms with van der Waals surface area (Å²) in [6, 6.07) is 13.5. The fourth-order valence-corrected chi connectivity index (χ4v) is 4.92. The van der Waals surface area contributed by atoms with Crippen LogP contribution in [-0.2, 0) is 4.74 Å². The molecule has 1 unspecified atom stereocenters. The van der Waals surface area contributed by atoms with Crippen LogP contribution in [0.1, 0.15) is 41.1 Å². The fourth-order valence-electron chi connectivity index (χ4n) is 4.13. The predicted octanol–water partition coefficient (Wildman–Crippen LogP) is 4.67. The third-order valence-corrected chi connectivity index (χ3v) is 6.87. The van der Waals surface area contributed by atoms with Gasteiger partial charge in [-0.2, -0.15) is 0 Å². The summed E-state index contributed by atoms with van der Waals surface area (Å²) < 4.78 is 11.2. The van der Waals surface area contributed by atoms with Crippen LogP contribution in [0.3, 0.4) is 0 Å². The molecule has 1 atom stereocenters. The van der Waals surface area contributed by atoms with Gasteiger partial charge in [-0.15, -0.1) is 11.3 Å². The Labute approximate surface area is 214 Å². The predicted molar refractivity (Wildman–Crippen MR) is 142 cm³/mol. The van der Waals surface area contributed by atoms with E-state index >= 15 is 0 Å². The second kappa shape index (κ2) is 11.8. The number of anilines is 3. The molecular weight excluding hydrogens is 478 g/mol. The number of amides is 2. The third-order valence-electron chi connectivity index (χ3n) is 5.91. The first kappa shape index (κ1) is 25.3. The molecule has 190 valence electrons. The largest absolute Gasteiger partial charge is 0.485 e. The van der Waals surface area contributed by atoms with Gasteiger partial charge < -0.3 is 30.3 Å². The van der Waals surface area contributed by atoms with Gasteiger partial charge in [-0.05, 0) is 43.3 Å². The van der Waals surface area contributed by atoms with Crippen LogP contribution in [0.4, 0.5) is 22.0 Å². The van der Waals surface area contributed by atoms with Crippen molar-refractivity contribution in [2.45, 2.75) is 25.9 Å². The number of benzene rings is 1. The number of nitrogens with zero attached hydrogens (tertiary/aromatic N) is 3. The van der Waals surface area contributed by atoms with Crippen molar-refractivity contribution >= 4 is 40.5 Å². The molecule has 2 aromatic heterocycles. The number of likely N-dealkylation sites (N-methyl/N-ethyl adjacent to an activating group) is 1. The van der Waals surface area contributed by atoms with Crippen molar-refractivity contribution in [1.82, 2.24) is 4.98 Å². The number of hydrogen-bond donors (Lipinski definition) is 2. The molecule has 2 amide bonds. The summed E-state index contributed by atoms with van der Waals surface area (Å²) >= 11 is 1.61. The van der Waals surface area contributed by atoms with Crippen LogP contribution in [0.5, 0.6) is 5.75 Å². The lowest BCUT2D eigenvalue weighted by atomic mass is 10.1. The smallest absolute Gasteiger partial charge is 0.404 e. The van der Waals surface area contributed by atoms with Gasteiger partial charge in [-0.1, -0.05) is 12.1 Å². The summed E-state index contributed by atoms with van der Waals surface area (Å²) in [4.78, 5) is 33.8. The number of thiophene rings is 1. The fraction of sp³-hybridized carbons (Fsp3) is 0.346. The summed E-state index contributed by atoms with van der Waals surface area (Å²) in [5, 5.41) is 5.21. The molecule has 0 saturated heterocycles. The van der Waals surface area contributed by atoms with E-state index in [4.69, 9.17) is 15.2 Å². The lowest BCUT2D eigenvalue weighted by Gasteiger charge is -2.23. The van der Waals surface area contributed by atoms with Crippen molar-refractivity contribution in [3.63, 3.8) is 0 Å². The summed E-state index contributed by atoms with van der Waals surface area (Å²) in [6.45, 7) is 4.21. The number of fused-ring (bicyclic) bond motifs is 1. The van der Waals surface area contributed by atoms with Gasteiger partial charge >= 0.3 is 6.09 Å². The van der Waals surface area contributed by atoms with Crippen molar-refractivity contribution in [1.29, 1.82) is 0 Å². The minimum Gasteiger partial charge on any atom is -0.485 e. The first-order valence-electron chi connectivity index (χ1n) is 12.0. The van der Waals surface area contributed by atoms with Gasteiger partial charge in [0.05, 0.1) is 17.9 Å². The number of primary amides is 1. The maximum Gasteiger partial charge on any atom is 0.404 e. The number of nitrogens with two attached hydrogens (primary N) is 1. The number of pyridine rings is 1. The van der Waals surface area contributed by atoms with Crippen LogP contribution >= 0.6 is 11.3 Å². The van der Waals surface area contributed by atoms with Crippen molar-refractivity contribution in [3.8, 4) is 5.75 Å². The number of carbonyl (C=O) groups excluding carboxylic acids is 2. The van der Waals surface area contributed by atoms with Gasteiger partial charge in [0.25, 0.3) is 5.91 Å². The van der Waals surface area contributed by atoms with Crippen molar-refractivity contribution in [2.24, 2.45) is 5.73 Å². The quantitative estimate of drug-likeness (QED) is 0.382. The number of hydrogen-bond acceptors (Lipinski definition) is 8. The Morgan fingerprint density at radius 2 is 2.11 bits per heavy atom. The van der Waals surface area contributed by atoms with Crippen LogP contribution in [-0.4, -0.2) is 50.3 Å². The Bertz CT molecular complexity index is 1190. The molecule has 0 fully saturated rings. The highest BCUT2D eigenvalue weighted by molar-refractivity contribution is 7.10. The van der Waals surface area contributed by atoms with Crippen LogP contribution in [0.2, 0.25) is 0 Å². The molecule has 0 bridgehead atoms. The number of carbonyl (C=O) groups is 2. The van der Waals surface area contributed by atoms with E-state index in [2.05, 4.69) is 15.2 Å². The molecule has 3 heterocycles. The molecule has 1 aliphatic heterocycles. The first-order chi connectivity index (χ1) is 17.5. The van der Waals surface area contributed by atoms with Gasteiger partial charge in [0.1, 0.15) is 17.7 Å². The van der Waals surface area contributed by atoms with E-state index in [-0.39, 0.29) is 18.6 Å². The molecule has 0 spiro atoms. The molecule has 4 rings (SSSR count). The monoisotopic (exact) mass is 509 g/mol. The molecule has 36 heavy (non-hydrogen) atoms. The number of rotatable bonds is 10. The highest BCUT2D eigenvalue weighted by atomic mass is 32.1. The van der Waals surface area contributed by atoms with E-state index in [1.165, 1.54) is 0 Å². The number of aromatic nitrogens is 1. The van der Waals surface area contributed by atoms with E-state index in [9.17, 15) is 9.59 Å². The summed E-state index contributed by atoms with van der Waals surface area (Å²) in [6.07, 6.45) is 1.92. The van der Waals surface area contributed by atoms with Crippen molar-refractivity contribution in [2.75, 3.05) is 48.4 Å². The van der Waals surface area contributed by atoms with Gasteiger partial charge in [-0.25, -0.2) is 9.78 Å². The Morgan fingerprint density at radius 3 is 2.86 bits per heavy atom. The Hall–Kier alpha value is -3.79. The zero-order valence-electron chi connectivity index (χ0n) is 20.5. The molecule has 10 heteroatoms. The average molecular weight is 510 g/mol. The number of nitrogens with one attached hydrogen (secondary N) is 1. The Balaban J connectivity index is 1.54. The van der Waals surface area contributed by atoms with Gasteiger partial charge in [0.2, 0.25) is 0 Å². The summed E-state index contributed by atoms with van der Waals surface area (Å²) in [5.41, 5.74) is 7.25. The van der Waals surface area contributed by atoms with Crippen LogP contribution in [0, 0.1) is 0 Å². The lowest BCUT2D eigenvalue weighted by Crippen LogP contribution is -2.33. The zero-order valence-corrected chi connectivity index (χ0v) is 21.3. The van der Waals surface area contributed by atoms with E-state index in [0.29, 0.717) is 37.2 Å². The molecule has 0 saturated carbocycles. The zero-order chi connectivity index (χ0) is 25.5. The van der Waals surface area contributed by atoms with Crippen LogP contribution in [0.25, 0.3) is 0 Å². The second-order valence-electron chi connectivity index (χ2n) is 8.42. The Morgan fingerprint density at radius 1 is 1.25 bits per heavy atom. The summed E-state index contributed by atoms with van der Waals surface area (Å²) in [7, 11) is 1.98. The second-order valence-corrected chi connectivity index (χ2v) is 9.40. The maximum atomic E-state index is 13.5. The third kappa shape index (κ3) is 6.06. The molecule has 3 aromatic rings. The normalized spacial score (nSPS) is 14.1. The molecular formula is C26H31N5O4S. The van der Waals surface area contributed by atoms with Crippen molar-refractivity contribution < 1.29 is 19.1 Å². The van der Waals surface area contributed by atoms with E-state index in [0.717, 1.165) is 28.6 Å². The van der Waals surface area contributed by atoms with Gasteiger partial charge in [-0.3, -0.25) is 4.79 Å². The average Bonchev–Trinajstić information content (AvgIpc) is 3.37. The highest BCUT2D eigenvalue weighted by Gasteiger charge is 2.27. The van der Waals surface area contributed by atoms with E-state index in [1.54, 1.807) is 22.4 Å². The summed E-state index contributed by atoms with van der Waals surface area (Å²) in [5.74, 6) is 1.31. The maximum absolute atomic E-state index is 13.5. The highest BCUT2D eigenvalue weighted by Crippen LogP contribution is 2.33. The molecule has 1 aliphatic rings. The van der Waals surface area contributed by atoms with Gasteiger partial charge in [0, 0.05) is 55.6 Å². The standard InChI is InChI=1S/C26H31N5O4S/c1-3-28-24-16-21-20(17-29-24)25(32)31(12-11-30(21)2)18-7-4-8-19(15-18)35-22(23-10-6-14-36-23)9-5-13-34-26(27)33/h4,6-8,10,14-17,22H,3,5,9,11-13H2,1-2H3,(H2,27,33)(H,28,29). The molecule has 9 nitrogen and oxygen atoms in total. The van der Waals surface area contributed by atoms with Crippen LogP contribution < -0.4 is 25.6 Å². The molecule has 0 aliphatic carbocycles. The minimum absolute atomic E-state index is 0.0968. The lowest BCUT2D eigenvalue weighted by molar-refractivity contribution is 0.0989.